The van der Waals surface area contributed by atoms with Crippen LogP contribution in [-0.4, -0.2) is 62.2 Å². The van der Waals surface area contributed by atoms with Gasteiger partial charge in [-0.3, -0.25) is 9.80 Å². The second kappa shape index (κ2) is 8.52. The minimum Gasteiger partial charge on any atom is -0.467 e. The standard InChI is InChI=1S/C20H32N6O/c1-16(2)19(20-21-22-23-26(20)15-18-9-6-14-27-18)25-12-10-24(11-13-25)17-7-4-3-5-8-17/h6,9,14,16-17,19H,3-5,7-8,10-13,15H2,1-2H3/t19-/m0/s1. The van der Waals surface area contributed by atoms with E-state index in [1.807, 2.05) is 16.8 Å². The minimum atomic E-state index is 0.239. The van der Waals surface area contributed by atoms with Crippen molar-refractivity contribution in [1.82, 2.24) is 30.0 Å². The summed E-state index contributed by atoms with van der Waals surface area (Å²) in [7, 11) is 0. The summed E-state index contributed by atoms with van der Waals surface area (Å²) < 4.78 is 7.39. The Kier molecular flexibility index (Phi) is 5.88. The van der Waals surface area contributed by atoms with Crippen LogP contribution in [0.3, 0.4) is 0 Å². The highest BCUT2D eigenvalue weighted by atomic mass is 16.3. The summed E-state index contributed by atoms with van der Waals surface area (Å²) >= 11 is 0. The van der Waals surface area contributed by atoms with Gasteiger partial charge < -0.3 is 4.42 Å². The van der Waals surface area contributed by atoms with E-state index in [9.17, 15) is 0 Å². The Morgan fingerprint density at radius 1 is 1.11 bits per heavy atom. The van der Waals surface area contributed by atoms with Crippen LogP contribution in [-0.2, 0) is 6.54 Å². The Labute approximate surface area is 161 Å². The highest BCUT2D eigenvalue weighted by Gasteiger charge is 2.33. The summed E-state index contributed by atoms with van der Waals surface area (Å²) in [4.78, 5) is 5.30. The first-order valence-electron chi connectivity index (χ1n) is 10.5. The molecule has 7 heteroatoms. The third-order valence-corrected chi connectivity index (χ3v) is 6.17. The molecule has 0 amide bonds. The molecule has 1 atom stereocenters. The van der Waals surface area contributed by atoms with Gasteiger partial charge in [0, 0.05) is 32.2 Å². The maximum absolute atomic E-state index is 5.49. The average Bonchev–Trinajstić information content (AvgIpc) is 3.36. The number of hydrogen-bond donors (Lipinski definition) is 0. The molecule has 0 N–H and O–H groups in total. The molecular weight excluding hydrogens is 340 g/mol. The number of nitrogens with zero attached hydrogens (tertiary/aromatic N) is 6. The lowest BCUT2D eigenvalue weighted by molar-refractivity contribution is 0.0394. The molecule has 27 heavy (non-hydrogen) atoms. The summed E-state index contributed by atoms with van der Waals surface area (Å²) in [5.41, 5.74) is 0. The summed E-state index contributed by atoms with van der Waals surface area (Å²) in [6.45, 7) is 9.62. The molecule has 1 saturated carbocycles. The highest BCUT2D eigenvalue weighted by Crippen LogP contribution is 2.30. The molecule has 0 radical (unpaired) electrons. The molecule has 7 nitrogen and oxygen atoms in total. The SMILES string of the molecule is CC(C)[C@@H](c1nnnn1Cc1ccco1)N1CCN(C2CCCCC2)CC1. The van der Waals surface area contributed by atoms with Crippen molar-refractivity contribution in [2.45, 2.75) is 64.6 Å². The Hall–Kier alpha value is -1.73. The monoisotopic (exact) mass is 372 g/mol. The van der Waals surface area contributed by atoms with Gasteiger partial charge in [0.25, 0.3) is 0 Å². The molecule has 3 heterocycles. The molecule has 2 aromatic heterocycles. The van der Waals surface area contributed by atoms with Gasteiger partial charge in [0.1, 0.15) is 12.3 Å². The van der Waals surface area contributed by atoms with E-state index in [2.05, 4.69) is 39.2 Å². The normalized spacial score (nSPS) is 21.7. The van der Waals surface area contributed by atoms with Crippen LogP contribution in [0.4, 0.5) is 0 Å². The van der Waals surface area contributed by atoms with Crippen LogP contribution < -0.4 is 0 Å². The van der Waals surface area contributed by atoms with E-state index >= 15 is 0 Å². The molecule has 2 aromatic rings. The van der Waals surface area contributed by atoms with Gasteiger partial charge in [0.15, 0.2) is 5.82 Å². The van der Waals surface area contributed by atoms with Crippen molar-refractivity contribution in [2.24, 2.45) is 5.92 Å². The van der Waals surface area contributed by atoms with E-state index in [1.54, 1.807) is 6.26 Å². The van der Waals surface area contributed by atoms with Crippen molar-refractivity contribution in [3.63, 3.8) is 0 Å². The number of hydrogen-bond acceptors (Lipinski definition) is 6. The number of tetrazole rings is 1. The van der Waals surface area contributed by atoms with Crippen LogP contribution in [0.15, 0.2) is 22.8 Å². The van der Waals surface area contributed by atoms with Gasteiger partial charge in [0.05, 0.1) is 12.3 Å². The molecule has 1 aliphatic heterocycles. The smallest absolute Gasteiger partial charge is 0.169 e. The second-order valence-corrected chi connectivity index (χ2v) is 8.33. The first-order valence-corrected chi connectivity index (χ1v) is 10.5. The van der Waals surface area contributed by atoms with Crippen molar-refractivity contribution in [3.8, 4) is 0 Å². The van der Waals surface area contributed by atoms with Crippen LogP contribution in [0.25, 0.3) is 0 Å². The summed E-state index contributed by atoms with van der Waals surface area (Å²) in [6.07, 6.45) is 8.69. The molecule has 0 spiro atoms. The topological polar surface area (TPSA) is 63.2 Å². The van der Waals surface area contributed by atoms with Gasteiger partial charge in [0.2, 0.25) is 0 Å². The van der Waals surface area contributed by atoms with E-state index in [0.29, 0.717) is 12.5 Å². The fourth-order valence-corrected chi connectivity index (χ4v) is 4.80. The van der Waals surface area contributed by atoms with Crippen molar-refractivity contribution in [2.75, 3.05) is 26.2 Å². The van der Waals surface area contributed by atoms with Crippen molar-refractivity contribution in [1.29, 1.82) is 0 Å². The molecule has 4 rings (SSSR count). The van der Waals surface area contributed by atoms with Gasteiger partial charge >= 0.3 is 0 Å². The maximum atomic E-state index is 5.49. The van der Waals surface area contributed by atoms with E-state index in [0.717, 1.165) is 43.8 Å². The van der Waals surface area contributed by atoms with Crippen molar-refractivity contribution in [3.05, 3.63) is 30.0 Å². The largest absolute Gasteiger partial charge is 0.467 e. The molecular formula is C20H32N6O. The van der Waals surface area contributed by atoms with Gasteiger partial charge in [-0.05, 0) is 41.3 Å². The zero-order chi connectivity index (χ0) is 18.6. The predicted octanol–water partition coefficient (Wildman–Crippen LogP) is 2.96. The zero-order valence-electron chi connectivity index (χ0n) is 16.6. The summed E-state index contributed by atoms with van der Waals surface area (Å²) in [5, 5.41) is 12.6. The quantitative estimate of drug-likeness (QED) is 0.777. The van der Waals surface area contributed by atoms with Crippen LogP contribution in [0, 0.1) is 5.92 Å². The third kappa shape index (κ3) is 4.24. The van der Waals surface area contributed by atoms with Gasteiger partial charge in [-0.15, -0.1) is 5.10 Å². The molecule has 2 aliphatic rings. The van der Waals surface area contributed by atoms with E-state index < -0.39 is 0 Å². The van der Waals surface area contributed by atoms with Crippen LogP contribution in [0.2, 0.25) is 0 Å². The van der Waals surface area contributed by atoms with E-state index in [4.69, 9.17) is 4.42 Å². The van der Waals surface area contributed by atoms with Gasteiger partial charge in [-0.2, -0.15) is 0 Å². The van der Waals surface area contributed by atoms with Crippen LogP contribution in [0.1, 0.15) is 63.6 Å². The summed E-state index contributed by atoms with van der Waals surface area (Å²) in [5.74, 6) is 2.29. The molecule has 1 saturated heterocycles. The molecule has 2 fully saturated rings. The molecule has 1 aliphatic carbocycles. The Bertz CT molecular complexity index is 683. The zero-order valence-corrected chi connectivity index (χ0v) is 16.6. The van der Waals surface area contributed by atoms with Gasteiger partial charge in [-0.1, -0.05) is 33.1 Å². The lowest BCUT2D eigenvalue weighted by Gasteiger charge is -2.43. The highest BCUT2D eigenvalue weighted by molar-refractivity contribution is 5.03. The number of piperazine rings is 1. The van der Waals surface area contributed by atoms with Crippen molar-refractivity contribution < 1.29 is 4.42 Å². The Morgan fingerprint density at radius 3 is 2.56 bits per heavy atom. The minimum absolute atomic E-state index is 0.239. The number of furan rings is 1. The molecule has 148 valence electrons. The van der Waals surface area contributed by atoms with Crippen molar-refractivity contribution >= 4 is 0 Å². The molecule has 0 bridgehead atoms. The molecule has 0 aromatic carbocycles. The lowest BCUT2D eigenvalue weighted by atomic mass is 9.93. The maximum Gasteiger partial charge on any atom is 0.169 e. The van der Waals surface area contributed by atoms with Crippen LogP contribution >= 0.6 is 0 Å². The fraction of sp³-hybridized carbons (Fsp3) is 0.750. The molecule has 0 unspecified atom stereocenters. The van der Waals surface area contributed by atoms with E-state index in [1.165, 1.54) is 32.1 Å². The fourth-order valence-electron chi connectivity index (χ4n) is 4.80. The number of aromatic nitrogens is 4. The lowest BCUT2D eigenvalue weighted by Crippen LogP contribution is -2.52. The van der Waals surface area contributed by atoms with E-state index in [-0.39, 0.29) is 6.04 Å². The van der Waals surface area contributed by atoms with Crippen LogP contribution in [0.5, 0.6) is 0 Å². The predicted molar refractivity (Wildman–Crippen MR) is 103 cm³/mol. The number of rotatable bonds is 6. The Balaban J connectivity index is 1.44. The summed E-state index contributed by atoms with van der Waals surface area (Å²) in [6, 6.07) is 4.92. The Morgan fingerprint density at radius 2 is 1.89 bits per heavy atom. The second-order valence-electron chi connectivity index (χ2n) is 8.33. The van der Waals surface area contributed by atoms with Gasteiger partial charge in [-0.25, -0.2) is 4.68 Å². The first-order chi connectivity index (χ1) is 13.2. The first kappa shape index (κ1) is 18.6. The average molecular weight is 373 g/mol. The third-order valence-electron chi connectivity index (χ3n) is 6.17.